The average molecular weight is 251 g/mol. The zero-order chi connectivity index (χ0) is 12.6. The van der Waals surface area contributed by atoms with E-state index in [2.05, 4.69) is 12.2 Å². The largest absolute Gasteiger partial charge is 0.389 e. The van der Waals surface area contributed by atoms with Crippen molar-refractivity contribution >= 4 is 0 Å². The molecule has 5 atom stereocenters. The summed E-state index contributed by atoms with van der Waals surface area (Å²) in [4.78, 5) is 0. The minimum Gasteiger partial charge on any atom is -0.389 e. The fourth-order valence-electron chi connectivity index (χ4n) is 4.91. The molecule has 0 aromatic carbocycles. The van der Waals surface area contributed by atoms with Gasteiger partial charge in [0.05, 0.1) is 5.60 Å². The lowest BCUT2D eigenvalue weighted by atomic mass is 9.79. The molecule has 0 heterocycles. The van der Waals surface area contributed by atoms with Crippen molar-refractivity contribution in [2.75, 3.05) is 13.1 Å². The maximum Gasteiger partial charge on any atom is 0.0774 e. The maximum absolute atomic E-state index is 10.6. The first kappa shape index (κ1) is 12.9. The van der Waals surface area contributed by atoms with Crippen molar-refractivity contribution in [2.24, 2.45) is 23.7 Å². The summed E-state index contributed by atoms with van der Waals surface area (Å²) in [6.07, 6.45) is 10.4. The van der Waals surface area contributed by atoms with E-state index in [0.717, 1.165) is 43.7 Å². The molecular formula is C16H29NO. The molecule has 0 saturated heterocycles. The predicted octanol–water partition coefficient (Wildman–Crippen LogP) is 2.95. The molecule has 0 aliphatic heterocycles. The van der Waals surface area contributed by atoms with Crippen LogP contribution in [0, 0.1) is 23.7 Å². The Balaban J connectivity index is 1.41. The molecule has 18 heavy (non-hydrogen) atoms. The molecule has 3 rings (SSSR count). The summed E-state index contributed by atoms with van der Waals surface area (Å²) in [6, 6.07) is 0. The average Bonchev–Trinajstić information content (AvgIpc) is 2.90. The number of rotatable bonds is 4. The third-order valence-electron chi connectivity index (χ3n) is 5.81. The van der Waals surface area contributed by atoms with Gasteiger partial charge in [0.2, 0.25) is 0 Å². The molecule has 3 aliphatic rings. The van der Waals surface area contributed by atoms with Crippen LogP contribution in [-0.2, 0) is 0 Å². The van der Waals surface area contributed by atoms with Gasteiger partial charge in [0, 0.05) is 6.54 Å². The molecule has 0 spiro atoms. The summed E-state index contributed by atoms with van der Waals surface area (Å²) >= 11 is 0. The first-order chi connectivity index (χ1) is 8.65. The van der Waals surface area contributed by atoms with Gasteiger partial charge >= 0.3 is 0 Å². The van der Waals surface area contributed by atoms with E-state index in [1.165, 1.54) is 38.5 Å². The number of hydrogen-bond acceptors (Lipinski definition) is 2. The molecule has 0 amide bonds. The quantitative estimate of drug-likeness (QED) is 0.805. The van der Waals surface area contributed by atoms with Crippen LogP contribution in [0.4, 0.5) is 0 Å². The van der Waals surface area contributed by atoms with Crippen LogP contribution in [0.25, 0.3) is 0 Å². The second-order valence-corrected chi connectivity index (χ2v) is 7.49. The molecular weight excluding hydrogens is 222 g/mol. The topological polar surface area (TPSA) is 32.3 Å². The summed E-state index contributed by atoms with van der Waals surface area (Å²) in [5, 5.41) is 14.2. The highest BCUT2D eigenvalue weighted by Gasteiger charge is 2.39. The van der Waals surface area contributed by atoms with Crippen LogP contribution in [0.15, 0.2) is 0 Å². The van der Waals surface area contributed by atoms with Crippen LogP contribution in [0.2, 0.25) is 0 Å². The van der Waals surface area contributed by atoms with Crippen LogP contribution in [0.5, 0.6) is 0 Å². The standard InChI is InChI=1S/C16H29NO/c1-12-3-2-6-16(18,9-12)11-17-10-15-8-13-4-5-14(15)7-13/h12-15,17-18H,2-11H2,1H3. The number of aliphatic hydroxyl groups is 1. The monoisotopic (exact) mass is 251 g/mol. The van der Waals surface area contributed by atoms with Crippen molar-refractivity contribution in [1.82, 2.24) is 5.32 Å². The van der Waals surface area contributed by atoms with E-state index in [-0.39, 0.29) is 0 Å². The normalized spacial score (nSPS) is 47.7. The SMILES string of the molecule is CC1CCCC(O)(CNCC2CC3CCC2C3)C1. The van der Waals surface area contributed by atoms with Gasteiger partial charge < -0.3 is 10.4 Å². The van der Waals surface area contributed by atoms with Crippen LogP contribution < -0.4 is 5.32 Å². The van der Waals surface area contributed by atoms with E-state index in [4.69, 9.17) is 0 Å². The molecule has 5 unspecified atom stereocenters. The van der Waals surface area contributed by atoms with Crippen molar-refractivity contribution in [3.63, 3.8) is 0 Å². The molecule has 2 bridgehead atoms. The van der Waals surface area contributed by atoms with Gasteiger partial charge in [0.15, 0.2) is 0 Å². The Labute approximate surface area is 112 Å². The Bertz CT molecular complexity index is 293. The van der Waals surface area contributed by atoms with E-state index in [1.807, 2.05) is 0 Å². The molecule has 3 aliphatic carbocycles. The first-order valence-electron chi connectivity index (χ1n) is 8.08. The fourth-order valence-corrected chi connectivity index (χ4v) is 4.91. The van der Waals surface area contributed by atoms with Crippen LogP contribution >= 0.6 is 0 Å². The summed E-state index contributed by atoms with van der Waals surface area (Å²) in [6.45, 7) is 4.25. The van der Waals surface area contributed by atoms with Crippen LogP contribution in [0.3, 0.4) is 0 Å². The van der Waals surface area contributed by atoms with E-state index in [9.17, 15) is 5.11 Å². The molecule has 0 aromatic rings. The van der Waals surface area contributed by atoms with Gasteiger partial charge in [0.25, 0.3) is 0 Å². The van der Waals surface area contributed by atoms with E-state index < -0.39 is 5.60 Å². The Morgan fingerprint density at radius 3 is 2.78 bits per heavy atom. The predicted molar refractivity (Wildman–Crippen MR) is 74.4 cm³/mol. The Hall–Kier alpha value is -0.0800. The third-order valence-corrected chi connectivity index (χ3v) is 5.81. The zero-order valence-electron chi connectivity index (χ0n) is 11.8. The van der Waals surface area contributed by atoms with E-state index >= 15 is 0 Å². The molecule has 3 fully saturated rings. The van der Waals surface area contributed by atoms with Crippen molar-refractivity contribution in [3.05, 3.63) is 0 Å². The van der Waals surface area contributed by atoms with Gasteiger partial charge in [-0.15, -0.1) is 0 Å². The smallest absolute Gasteiger partial charge is 0.0774 e. The van der Waals surface area contributed by atoms with Gasteiger partial charge in [-0.3, -0.25) is 0 Å². The van der Waals surface area contributed by atoms with Crippen LogP contribution in [-0.4, -0.2) is 23.8 Å². The fraction of sp³-hybridized carbons (Fsp3) is 1.00. The molecule has 0 radical (unpaired) electrons. The Kier molecular flexibility index (Phi) is 3.68. The molecule has 2 N–H and O–H groups in total. The molecule has 2 nitrogen and oxygen atoms in total. The first-order valence-corrected chi connectivity index (χ1v) is 8.08. The zero-order valence-corrected chi connectivity index (χ0v) is 11.8. The summed E-state index contributed by atoms with van der Waals surface area (Å²) in [5.41, 5.74) is -0.407. The lowest BCUT2D eigenvalue weighted by molar-refractivity contribution is -0.0125. The van der Waals surface area contributed by atoms with E-state index in [0.29, 0.717) is 5.92 Å². The van der Waals surface area contributed by atoms with Crippen molar-refractivity contribution < 1.29 is 5.11 Å². The van der Waals surface area contributed by atoms with Gasteiger partial charge in [-0.05, 0) is 62.3 Å². The molecule has 2 heteroatoms. The van der Waals surface area contributed by atoms with Gasteiger partial charge in [-0.2, -0.15) is 0 Å². The highest BCUT2D eigenvalue weighted by atomic mass is 16.3. The second kappa shape index (κ2) is 5.13. The van der Waals surface area contributed by atoms with E-state index in [1.54, 1.807) is 0 Å². The molecule has 104 valence electrons. The minimum atomic E-state index is -0.407. The highest BCUT2D eigenvalue weighted by molar-refractivity contribution is 4.92. The summed E-state index contributed by atoms with van der Waals surface area (Å²) < 4.78 is 0. The van der Waals surface area contributed by atoms with Gasteiger partial charge in [0.1, 0.15) is 0 Å². The van der Waals surface area contributed by atoms with Gasteiger partial charge in [-0.25, -0.2) is 0 Å². The Morgan fingerprint density at radius 2 is 2.11 bits per heavy atom. The minimum absolute atomic E-state index is 0.407. The lowest BCUT2D eigenvalue weighted by Gasteiger charge is -2.36. The van der Waals surface area contributed by atoms with Crippen molar-refractivity contribution in [1.29, 1.82) is 0 Å². The molecule has 0 aromatic heterocycles. The van der Waals surface area contributed by atoms with Crippen molar-refractivity contribution in [2.45, 2.75) is 63.9 Å². The van der Waals surface area contributed by atoms with Crippen LogP contribution in [0.1, 0.15) is 58.3 Å². The highest BCUT2D eigenvalue weighted by Crippen LogP contribution is 2.48. The summed E-state index contributed by atoms with van der Waals surface area (Å²) in [7, 11) is 0. The molecule has 3 saturated carbocycles. The van der Waals surface area contributed by atoms with Gasteiger partial charge in [-0.1, -0.05) is 26.2 Å². The number of hydrogen-bond donors (Lipinski definition) is 2. The van der Waals surface area contributed by atoms with Crippen molar-refractivity contribution in [3.8, 4) is 0 Å². The Morgan fingerprint density at radius 1 is 1.22 bits per heavy atom. The lowest BCUT2D eigenvalue weighted by Crippen LogP contribution is -2.45. The second-order valence-electron chi connectivity index (χ2n) is 7.49. The number of nitrogens with one attached hydrogen (secondary N) is 1. The summed E-state index contributed by atoms with van der Waals surface area (Å²) in [5.74, 6) is 3.66. The maximum atomic E-state index is 10.6. The number of fused-ring (bicyclic) bond motifs is 2. The third kappa shape index (κ3) is 2.75.